The van der Waals surface area contributed by atoms with Gasteiger partial charge in [0, 0.05) is 18.5 Å². The first kappa shape index (κ1) is 14.2. The number of carbonyl (C=O) groups excluding carboxylic acids is 1. The second-order valence-corrected chi connectivity index (χ2v) is 5.76. The molecule has 17 heavy (non-hydrogen) atoms. The van der Waals surface area contributed by atoms with Gasteiger partial charge in [0.2, 0.25) is 0 Å². The van der Waals surface area contributed by atoms with Crippen LogP contribution in [0.2, 0.25) is 0 Å². The van der Waals surface area contributed by atoms with E-state index >= 15 is 0 Å². The highest BCUT2D eigenvalue weighted by Gasteiger charge is 2.36. The third-order valence-corrected chi connectivity index (χ3v) is 3.09. The van der Waals surface area contributed by atoms with E-state index in [2.05, 4.69) is 0 Å². The second kappa shape index (κ2) is 5.21. The number of aliphatic hydroxyl groups excluding tert-OH is 1. The van der Waals surface area contributed by atoms with Gasteiger partial charge in [-0.1, -0.05) is 0 Å². The summed E-state index contributed by atoms with van der Waals surface area (Å²) in [5.41, 5.74) is -1.17. The van der Waals surface area contributed by atoms with Crippen molar-refractivity contribution in [3.8, 4) is 0 Å². The molecule has 0 bridgehead atoms. The van der Waals surface area contributed by atoms with E-state index in [1.54, 1.807) is 4.90 Å². The van der Waals surface area contributed by atoms with Crippen molar-refractivity contribution in [2.24, 2.45) is 5.41 Å². The summed E-state index contributed by atoms with van der Waals surface area (Å²) in [5, 5.41) is 9.18. The molecule has 1 rings (SSSR count). The Bertz CT molecular complexity index is 261. The van der Waals surface area contributed by atoms with E-state index in [1.165, 1.54) is 0 Å². The number of piperidine rings is 1. The molecule has 1 amide bonds. The zero-order chi connectivity index (χ0) is 13.1. The predicted molar refractivity (Wildman–Crippen MR) is 62.5 cm³/mol. The van der Waals surface area contributed by atoms with Gasteiger partial charge in [-0.25, -0.2) is 4.79 Å². The summed E-state index contributed by atoms with van der Waals surface area (Å²) < 4.78 is 18.1. The summed E-state index contributed by atoms with van der Waals surface area (Å²) in [6.45, 7) is 5.63. The summed E-state index contributed by atoms with van der Waals surface area (Å²) >= 11 is 0. The molecule has 0 unspecified atom stereocenters. The maximum absolute atomic E-state index is 12.8. The number of ether oxygens (including phenoxy) is 1. The Hall–Kier alpha value is -0.840. The van der Waals surface area contributed by atoms with Gasteiger partial charge in [0.05, 0.1) is 13.3 Å². The number of carbonyl (C=O) groups is 1. The number of halogens is 1. The van der Waals surface area contributed by atoms with E-state index in [0.29, 0.717) is 25.9 Å². The summed E-state index contributed by atoms with van der Waals surface area (Å²) in [6, 6.07) is 0. The minimum atomic E-state index is -0.654. The molecule has 0 atom stereocenters. The predicted octanol–water partition coefficient (Wildman–Crippen LogP) is 1.97. The molecule has 0 aliphatic carbocycles. The van der Waals surface area contributed by atoms with Crippen LogP contribution in [0.4, 0.5) is 9.18 Å². The van der Waals surface area contributed by atoms with Crippen LogP contribution >= 0.6 is 0 Å². The third-order valence-electron chi connectivity index (χ3n) is 3.09. The molecule has 100 valence electrons. The Morgan fingerprint density at radius 2 is 1.94 bits per heavy atom. The van der Waals surface area contributed by atoms with Crippen molar-refractivity contribution in [2.75, 3.05) is 26.4 Å². The van der Waals surface area contributed by atoms with E-state index in [4.69, 9.17) is 4.74 Å². The van der Waals surface area contributed by atoms with E-state index in [9.17, 15) is 14.3 Å². The lowest BCUT2D eigenvalue weighted by molar-refractivity contribution is -0.00692. The van der Waals surface area contributed by atoms with Crippen LogP contribution in [-0.4, -0.2) is 48.1 Å². The van der Waals surface area contributed by atoms with Crippen LogP contribution in [0.15, 0.2) is 0 Å². The molecule has 1 N–H and O–H groups in total. The molecule has 0 radical (unpaired) electrons. The Morgan fingerprint density at radius 1 is 1.41 bits per heavy atom. The molecule has 0 aromatic rings. The average molecular weight is 247 g/mol. The molecular weight excluding hydrogens is 225 g/mol. The summed E-state index contributed by atoms with van der Waals surface area (Å²) in [4.78, 5) is 13.3. The summed E-state index contributed by atoms with van der Waals surface area (Å²) in [6.07, 6.45) is 0.612. The Balaban J connectivity index is 2.49. The summed E-state index contributed by atoms with van der Waals surface area (Å²) in [7, 11) is 0. The molecule has 1 aliphatic heterocycles. The number of aliphatic hydroxyl groups is 1. The van der Waals surface area contributed by atoms with E-state index in [1.807, 2.05) is 20.8 Å². The minimum Gasteiger partial charge on any atom is -0.444 e. The van der Waals surface area contributed by atoms with Crippen LogP contribution in [-0.2, 0) is 4.74 Å². The van der Waals surface area contributed by atoms with Gasteiger partial charge in [-0.15, -0.1) is 0 Å². The van der Waals surface area contributed by atoms with Crippen LogP contribution < -0.4 is 0 Å². The van der Waals surface area contributed by atoms with Crippen molar-refractivity contribution >= 4 is 6.09 Å². The SMILES string of the molecule is CC(C)(C)OC(=O)N1CCC(CO)(CF)CC1. The average Bonchev–Trinajstić information content (AvgIpc) is 2.27. The smallest absolute Gasteiger partial charge is 0.410 e. The van der Waals surface area contributed by atoms with Crippen LogP contribution in [0, 0.1) is 5.41 Å². The number of alkyl halides is 1. The lowest BCUT2D eigenvalue weighted by Crippen LogP contribution is -2.47. The number of hydrogen-bond acceptors (Lipinski definition) is 3. The molecule has 1 fully saturated rings. The van der Waals surface area contributed by atoms with Gasteiger partial charge in [0.1, 0.15) is 5.60 Å². The first-order valence-corrected chi connectivity index (χ1v) is 5.97. The third kappa shape index (κ3) is 3.84. The normalized spacial score (nSPS) is 20.2. The van der Waals surface area contributed by atoms with Crippen molar-refractivity contribution in [3.63, 3.8) is 0 Å². The van der Waals surface area contributed by atoms with Crippen LogP contribution in [0.25, 0.3) is 0 Å². The first-order chi connectivity index (χ1) is 7.82. The quantitative estimate of drug-likeness (QED) is 0.811. The maximum atomic E-state index is 12.8. The number of likely N-dealkylation sites (tertiary alicyclic amines) is 1. The van der Waals surface area contributed by atoms with Gasteiger partial charge in [0.15, 0.2) is 0 Å². The van der Waals surface area contributed by atoms with Crippen LogP contribution in [0.1, 0.15) is 33.6 Å². The van der Waals surface area contributed by atoms with Crippen molar-refractivity contribution in [2.45, 2.75) is 39.2 Å². The van der Waals surface area contributed by atoms with Crippen LogP contribution in [0.3, 0.4) is 0 Å². The Kier molecular flexibility index (Phi) is 4.36. The van der Waals surface area contributed by atoms with Gasteiger partial charge >= 0.3 is 6.09 Å². The fourth-order valence-corrected chi connectivity index (χ4v) is 1.82. The monoisotopic (exact) mass is 247 g/mol. The van der Waals surface area contributed by atoms with E-state index in [-0.39, 0.29) is 12.7 Å². The molecule has 1 heterocycles. The van der Waals surface area contributed by atoms with Crippen molar-refractivity contribution in [1.82, 2.24) is 4.90 Å². The number of hydrogen-bond donors (Lipinski definition) is 1. The zero-order valence-electron chi connectivity index (χ0n) is 10.8. The van der Waals surface area contributed by atoms with Gasteiger partial charge in [-0.2, -0.15) is 0 Å². The molecule has 0 aromatic heterocycles. The van der Waals surface area contributed by atoms with Gasteiger partial charge < -0.3 is 14.7 Å². The molecule has 5 heteroatoms. The topological polar surface area (TPSA) is 49.8 Å². The largest absolute Gasteiger partial charge is 0.444 e. The van der Waals surface area contributed by atoms with E-state index < -0.39 is 17.7 Å². The number of amides is 1. The highest BCUT2D eigenvalue weighted by molar-refractivity contribution is 5.68. The lowest BCUT2D eigenvalue weighted by atomic mass is 9.80. The Labute approximate surface area is 102 Å². The highest BCUT2D eigenvalue weighted by atomic mass is 19.1. The molecule has 0 aromatic carbocycles. The van der Waals surface area contributed by atoms with E-state index in [0.717, 1.165) is 0 Å². The first-order valence-electron chi connectivity index (χ1n) is 5.97. The maximum Gasteiger partial charge on any atom is 0.410 e. The van der Waals surface area contributed by atoms with Crippen LogP contribution in [0.5, 0.6) is 0 Å². The molecule has 4 nitrogen and oxygen atoms in total. The fraction of sp³-hybridized carbons (Fsp3) is 0.917. The summed E-state index contributed by atoms with van der Waals surface area (Å²) in [5.74, 6) is 0. The zero-order valence-corrected chi connectivity index (χ0v) is 10.8. The Morgan fingerprint density at radius 3 is 2.29 bits per heavy atom. The minimum absolute atomic E-state index is 0.161. The van der Waals surface area contributed by atoms with Crippen molar-refractivity contribution in [3.05, 3.63) is 0 Å². The number of nitrogens with zero attached hydrogens (tertiary/aromatic N) is 1. The van der Waals surface area contributed by atoms with Gasteiger partial charge in [0.25, 0.3) is 0 Å². The molecule has 0 spiro atoms. The van der Waals surface area contributed by atoms with Crippen molar-refractivity contribution < 1.29 is 19.0 Å². The molecule has 1 saturated heterocycles. The number of rotatable bonds is 2. The highest BCUT2D eigenvalue weighted by Crippen LogP contribution is 2.31. The molecular formula is C12H22FNO3. The second-order valence-electron chi connectivity index (χ2n) is 5.76. The van der Waals surface area contributed by atoms with Gasteiger partial charge in [-0.05, 0) is 33.6 Å². The molecule has 1 aliphatic rings. The standard InChI is InChI=1S/C12H22FNO3/c1-11(2,3)17-10(16)14-6-4-12(8-13,9-15)5-7-14/h15H,4-9H2,1-3H3. The lowest BCUT2D eigenvalue weighted by Gasteiger charge is -2.39. The molecule has 0 saturated carbocycles. The van der Waals surface area contributed by atoms with Gasteiger partial charge in [-0.3, -0.25) is 4.39 Å². The fourth-order valence-electron chi connectivity index (χ4n) is 1.82. The van der Waals surface area contributed by atoms with Crippen molar-refractivity contribution in [1.29, 1.82) is 0 Å².